The van der Waals surface area contributed by atoms with E-state index in [-0.39, 0.29) is 11.6 Å². The number of rotatable bonds is 3. The van der Waals surface area contributed by atoms with Gasteiger partial charge < -0.3 is 9.72 Å². The van der Waals surface area contributed by atoms with Gasteiger partial charge in [-0.05, 0) is 38.1 Å². The molecule has 0 saturated heterocycles. The fourth-order valence-electron chi connectivity index (χ4n) is 1.65. The van der Waals surface area contributed by atoms with Crippen molar-refractivity contribution in [3.05, 3.63) is 41.6 Å². The number of ether oxygens (including phenoxy) is 1. The highest BCUT2D eigenvalue weighted by Gasteiger charge is 2.15. The van der Waals surface area contributed by atoms with Crippen LogP contribution in [-0.2, 0) is 4.74 Å². The van der Waals surface area contributed by atoms with E-state index < -0.39 is 5.97 Å². The number of halogens is 1. The number of imidazole rings is 1. The Morgan fingerprint density at radius 3 is 2.67 bits per heavy atom. The average Bonchev–Trinajstić information content (AvgIpc) is 2.73. The summed E-state index contributed by atoms with van der Waals surface area (Å²) in [4.78, 5) is 18.6. The van der Waals surface area contributed by atoms with Gasteiger partial charge in [-0.2, -0.15) is 0 Å². The Labute approximate surface area is 104 Å². The lowest BCUT2D eigenvalue weighted by Gasteiger charge is -1.97. The van der Waals surface area contributed by atoms with E-state index in [0.717, 1.165) is 11.3 Å². The van der Waals surface area contributed by atoms with Crippen LogP contribution in [0.15, 0.2) is 24.3 Å². The third-order valence-electron chi connectivity index (χ3n) is 2.47. The highest BCUT2D eigenvalue weighted by Crippen LogP contribution is 2.21. The van der Waals surface area contributed by atoms with Crippen molar-refractivity contribution in [2.75, 3.05) is 6.61 Å². The number of aryl methyl sites for hydroxylation is 1. The highest BCUT2D eigenvalue weighted by atomic mass is 19.1. The van der Waals surface area contributed by atoms with Crippen LogP contribution in [0.5, 0.6) is 0 Å². The Kier molecular flexibility index (Phi) is 3.41. The number of nitrogens with one attached hydrogen (secondary N) is 1. The smallest absolute Gasteiger partial charge is 0.374 e. The van der Waals surface area contributed by atoms with Gasteiger partial charge in [-0.1, -0.05) is 0 Å². The number of carbonyl (C=O) groups excluding carboxylic acids is 1. The van der Waals surface area contributed by atoms with E-state index in [0.29, 0.717) is 12.3 Å². The van der Waals surface area contributed by atoms with E-state index in [2.05, 4.69) is 9.97 Å². The maximum absolute atomic E-state index is 12.8. The molecule has 0 fully saturated rings. The molecule has 0 atom stereocenters. The number of hydrogen-bond donors (Lipinski definition) is 1. The molecule has 1 heterocycles. The first-order valence-corrected chi connectivity index (χ1v) is 5.61. The molecule has 0 radical (unpaired) electrons. The number of aromatic amines is 1. The summed E-state index contributed by atoms with van der Waals surface area (Å²) in [5.74, 6) is -0.639. The summed E-state index contributed by atoms with van der Waals surface area (Å²) in [5.41, 5.74) is 2.11. The minimum absolute atomic E-state index is 0.161. The first kappa shape index (κ1) is 12.3. The third-order valence-corrected chi connectivity index (χ3v) is 2.47. The van der Waals surface area contributed by atoms with Crippen molar-refractivity contribution in [1.82, 2.24) is 9.97 Å². The van der Waals surface area contributed by atoms with Gasteiger partial charge in [0.05, 0.1) is 12.3 Å². The molecule has 1 N–H and O–H groups in total. The quantitative estimate of drug-likeness (QED) is 0.850. The minimum atomic E-state index is -0.492. The predicted octanol–water partition coefficient (Wildman–Crippen LogP) is 2.70. The van der Waals surface area contributed by atoms with Crippen molar-refractivity contribution in [3.8, 4) is 11.3 Å². The van der Waals surface area contributed by atoms with E-state index >= 15 is 0 Å². The minimum Gasteiger partial charge on any atom is -0.460 e. The molecular formula is C13H13FN2O2. The molecule has 1 aromatic heterocycles. The van der Waals surface area contributed by atoms with Crippen molar-refractivity contribution in [2.24, 2.45) is 0 Å². The molecule has 0 aliphatic carbocycles. The van der Waals surface area contributed by atoms with Crippen LogP contribution >= 0.6 is 0 Å². The maximum Gasteiger partial charge on any atom is 0.374 e. The van der Waals surface area contributed by atoms with Crippen molar-refractivity contribution < 1.29 is 13.9 Å². The van der Waals surface area contributed by atoms with Gasteiger partial charge in [-0.3, -0.25) is 0 Å². The van der Waals surface area contributed by atoms with Gasteiger partial charge >= 0.3 is 5.97 Å². The lowest BCUT2D eigenvalue weighted by molar-refractivity contribution is 0.0513. The Hall–Kier alpha value is -2.17. The fourth-order valence-corrected chi connectivity index (χ4v) is 1.65. The lowest BCUT2D eigenvalue weighted by atomic mass is 10.1. The average molecular weight is 248 g/mol. The van der Waals surface area contributed by atoms with Crippen molar-refractivity contribution >= 4 is 5.97 Å². The Bertz CT molecular complexity index is 561. The van der Waals surface area contributed by atoms with E-state index in [9.17, 15) is 9.18 Å². The third kappa shape index (κ3) is 2.40. The molecule has 2 aromatic rings. The Morgan fingerprint density at radius 2 is 2.06 bits per heavy atom. The second kappa shape index (κ2) is 5.00. The van der Waals surface area contributed by atoms with Crippen LogP contribution in [0.4, 0.5) is 4.39 Å². The number of esters is 1. The number of carbonyl (C=O) groups is 1. The molecule has 18 heavy (non-hydrogen) atoms. The monoisotopic (exact) mass is 248 g/mol. The number of hydrogen-bond acceptors (Lipinski definition) is 3. The zero-order valence-corrected chi connectivity index (χ0v) is 10.2. The zero-order valence-electron chi connectivity index (χ0n) is 10.2. The van der Waals surface area contributed by atoms with E-state index in [1.165, 1.54) is 12.1 Å². The first-order chi connectivity index (χ1) is 8.61. The molecule has 0 aliphatic rings. The number of benzene rings is 1. The topological polar surface area (TPSA) is 55.0 Å². The summed E-state index contributed by atoms with van der Waals surface area (Å²) in [6.45, 7) is 3.83. The van der Waals surface area contributed by atoms with E-state index in [1.54, 1.807) is 26.0 Å². The van der Waals surface area contributed by atoms with Crippen LogP contribution in [0.1, 0.15) is 23.2 Å². The molecule has 94 valence electrons. The molecule has 5 heteroatoms. The summed E-state index contributed by atoms with van der Waals surface area (Å²) in [7, 11) is 0. The SMILES string of the molecule is CCOC(=O)c1nc(-c2ccc(F)cc2)c(C)[nH]1. The zero-order chi connectivity index (χ0) is 13.1. The summed E-state index contributed by atoms with van der Waals surface area (Å²) in [6, 6.07) is 5.95. The van der Waals surface area contributed by atoms with E-state index in [4.69, 9.17) is 4.74 Å². The molecule has 0 aliphatic heterocycles. The van der Waals surface area contributed by atoms with Crippen molar-refractivity contribution in [1.29, 1.82) is 0 Å². The first-order valence-electron chi connectivity index (χ1n) is 5.61. The summed E-state index contributed by atoms with van der Waals surface area (Å²) in [5, 5.41) is 0. The second-order valence-corrected chi connectivity index (χ2v) is 3.79. The molecule has 4 nitrogen and oxygen atoms in total. The molecule has 1 aromatic carbocycles. The predicted molar refractivity (Wildman–Crippen MR) is 64.7 cm³/mol. The largest absolute Gasteiger partial charge is 0.460 e. The van der Waals surface area contributed by atoms with Gasteiger partial charge in [-0.25, -0.2) is 14.2 Å². The summed E-state index contributed by atoms with van der Waals surface area (Å²) in [6.07, 6.45) is 0. The molecule has 2 rings (SSSR count). The molecule has 0 bridgehead atoms. The molecular weight excluding hydrogens is 235 g/mol. The second-order valence-electron chi connectivity index (χ2n) is 3.79. The molecule has 0 spiro atoms. The molecule has 0 amide bonds. The van der Waals surface area contributed by atoms with Gasteiger partial charge in [-0.15, -0.1) is 0 Å². The lowest BCUT2D eigenvalue weighted by Crippen LogP contribution is -2.06. The molecule has 0 unspecified atom stereocenters. The Morgan fingerprint density at radius 1 is 1.39 bits per heavy atom. The van der Waals surface area contributed by atoms with Crippen molar-refractivity contribution in [2.45, 2.75) is 13.8 Å². The number of nitrogens with zero attached hydrogens (tertiary/aromatic N) is 1. The van der Waals surface area contributed by atoms with E-state index in [1.807, 2.05) is 0 Å². The van der Waals surface area contributed by atoms with Crippen LogP contribution in [0, 0.1) is 12.7 Å². The molecule has 0 saturated carbocycles. The maximum atomic E-state index is 12.8. The van der Waals surface area contributed by atoms with Crippen LogP contribution in [0.3, 0.4) is 0 Å². The van der Waals surface area contributed by atoms with Gasteiger partial charge in [0.1, 0.15) is 5.82 Å². The van der Waals surface area contributed by atoms with Gasteiger partial charge in [0.15, 0.2) is 0 Å². The Balaban J connectivity index is 2.34. The number of H-pyrrole nitrogens is 1. The van der Waals surface area contributed by atoms with Gasteiger partial charge in [0.25, 0.3) is 0 Å². The van der Waals surface area contributed by atoms with Crippen molar-refractivity contribution in [3.63, 3.8) is 0 Å². The van der Waals surface area contributed by atoms with Gasteiger partial charge in [0.2, 0.25) is 5.82 Å². The standard InChI is InChI=1S/C13H13FN2O2/c1-3-18-13(17)12-15-8(2)11(16-12)9-4-6-10(14)7-5-9/h4-7H,3H2,1-2H3,(H,15,16). The van der Waals surface area contributed by atoms with Crippen LogP contribution in [0.2, 0.25) is 0 Å². The number of aromatic nitrogens is 2. The van der Waals surface area contributed by atoms with Gasteiger partial charge in [0, 0.05) is 11.3 Å². The van der Waals surface area contributed by atoms with Crippen LogP contribution in [-0.4, -0.2) is 22.5 Å². The van der Waals surface area contributed by atoms with Crippen LogP contribution in [0.25, 0.3) is 11.3 Å². The summed E-state index contributed by atoms with van der Waals surface area (Å²) < 4.78 is 17.7. The van der Waals surface area contributed by atoms with Crippen LogP contribution < -0.4 is 0 Å². The fraction of sp³-hybridized carbons (Fsp3) is 0.231. The normalized spacial score (nSPS) is 10.4. The summed E-state index contributed by atoms with van der Waals surface area (Å²) >= 11 is 0. The highest BCUT2D eigenvalue weighted by molar-refractivity contribution is 5.86.